The van der Waals surface area contributed by atoms with Gasteiger partial charge in [-0.05, 0) is 48.0 Å². The molecule has 0 spiro atoms. The normalized spacial score (nSPS) is 10.6. The molecule has 0 atom stereocenters. The molecule has 0 bridgehead atoms. The van der Waals surface area contributed by atoms with Crippen molar-refractivity contribution in [1.29, 1.82) is 0 Å². The van der Waals surface area contributed by atoms with Crippen molar-refractivity contribution in [3.63, 3.8) is 0 Å². The summed E-state index contributed by atoms with van der Waals surface area (Å²) in [6, 6.07) is 19.4. The highest BCUT2D eigenvalue weighted by Gasteiger charge is 2.12. The number of amides is 1. The fraction of sp³-hybridized carbons (Fsp3) is 0.0435. The molecule has 7 heteroatoms. The molecule has 0 saturated carbocycles. The third-order valence-corrected chi connectivity index (χ3v) is 3.82. The lowest BCUT2D eigenvalue weighted by molar-refractivity contribution is -0.142. The maximum Gasteiger partial charge on any atom is 0.331 e. The van der Waals surface area contributed by atoms with E-state index < -0.39 is 35.8 Å². The predicted molar refractivity (Wildman–Crippen MR) is 108 cm³/mol. The first-order valence-electron chi connectivity index (χ1n) is 8.93. The van der Waals surface area contributed by atoms with Crippen LogP contribution in [0.25, 0.3) is 6.08 Å². The molecule has 0 aromatic heterocycles. The van der Waals surface area contributed by atoms with Crippen LogP contribution in [0.3, 0.4) is 0 Å². The predicted octanol–water partition coefficient (Wildman–Crippen LogP) is 4.95. The van der Waals surface area contributed by atoms with Gasteiger partial charge in [0.2, 0.25) is 0 Å². The fourth-order valence-electron chi connectivity index (χ4n) is 2.45. The molecule has 3 aromatic carbocycles. The first-order chi connectivity index (χ1) is 14.5. The average molecular weight is 409 g/mol. The molecule has 0 unspecified atom stereocenters. The maximum absolute atomic E-state index is 13.5. The van der Waals surface area contributed by atoms with Crippen LogP contribution in [0, 0.1) is 11.6 Å². The van der Waals surface area contributed by atoms with Crippen LogP contribution in [0.15, 0.2) is 78.9 Å². The van der Waals surface area contributed by atoms with Crippen molar-refractivity contribution in [2.45, 2.75) is 0 Å². The molecule has 0 aliphatic heterocycles. The summed E-state index contributed by atoms with van der Waals surface area (Å²) in [7, 11) is 0. The van der Waals surface area contributed by atoms with Gasteiger partial charge < -0.3 is 14.8 Å². The lowest BCUT2D eigenvalue weighted by Gasteiger charge is -2.07. The lowest BCUT2D eigenvalue weighted by atomic mass is 10.2. The van der Waals surface area contributed by atoms with Crippen LogP contribution in [0.2, 0.25) is 0 Å². The molecule has 1 N–H and O–H groups in total. The van der Waals surface area contributed by atoms with Gasteiger partial charge in [0.1, 0.15) is 28.8 Å². The van der Waals surface area contributed by atoms with Crippen molar-refractivity contribution in [3.05, 3.63) is 96.1 Å². The van der Waals surface area contributed by atoms with Gasteiger partial charge in [-0.15, -0.1) is 0 Å². The van der Waals surface area contributed by atoms with Gasteiger partial charge >= 0.3 is 5.97 Å². The number of ether oxygens (including phenoxy) is 2. The van der Waals surface area contributed by atoms with Crippen molar-refractivity contribution in [1.82, 2.24) is 0 Å². The van der Waals surface area contributed by atoms with E-state index in [4.69, 9.17) is 9.47 Å². The summed E-state index contributed by atoms with van der Waals surface area (Å²) in [6.07, 6.45) is 2.63. The van der Waals surface area contributed by atoms with E-state index in [9.17, 15) is 18.4 Å². The summed E-state index contributed by atoms with van der Waals surface area (Å²) in [5.74, 6) is -2.23. The maximum atomic E-state index is 13.5. The highest BCUT2D eigenvalue weighted by atomic mass is 19.1. The number of carbonyl (C=O) groups is 2. The van der Waals surface area contributed by atoms with Crippen LogP contribution < -0.4 is 10.1 Å². The highest BCUT2D eigenvalue weighted by molar-refractivity contribution is 5.94. The Balaban J connectivity index is 1.52. The Hall–Kier alpha value is -4.00. The minimum absolute atomic E-state index is 0.586. The third-order valence-electron chi connectivity index (χ3n) is 3.82. The summed E-state index contributed by atoms with van der Waals surface area (Å²) in [4.78, 5) is 23.6. The van der Waals surface area contributed by atoms with Gasteiger partial charge in [-0.1, -0.05) is 36.4 Å². The Kier molecular flexibility index (Phi) is 6.89. The zero-order valence-electron chi connectivity index (χ0n) is 15.7. The smallest absolute Gasteiger partial charge is 0.331 e. The van der Waals surface area contributed by atoms with Crippen molar-refractivity contribution < 1.29 is 27.8 Å². The molecule has 0 aliphatic carbocycles. The van der Waals surface area contributed by atoms with Crippen molar-refractivity contribution in [2.75, 3.05) is 11.9 Å². The minimum atomic E-state index is -0.924. The van der Waals surface area contributed by atoms with E-state index in [0.29, 0.717) is 17.1 Å². The van der Waals surface area contributed by atoms with Crippen LogP contribution in [0.4, 0.5) is 14.5 Å². The molecule has 0 saturated heterocycles. The van der Waals surface area contributed by atoms with Crippen molar-refractivity contribution >= 4 is 23.6 Å². The molecule has 0 heterocycles. The molecule has 3 rings (SSSR count). The molecule has 5 nitrogen and oxygen atoms in total. The highest BCUT2D eigenvalue weighted by Crippen LogP contribution is 2.22. The molecule has 0 radical (unpaired) electrons. The number of hydrogen-bond acceptors (Lipinski definition) is 4. The molecule has 3 aromatic rings. The number of anilines is 1. The van der Waals surface area contributed by atoms with E-state index >= 15 is 0 Å². The summed E-state index contributed by atoms with van der Waals surface area (Å²) in [5, 5.41) is 2.03. The van der Waals surface area contributed by atoms with Gasteiger partial charge in [0, 0.05) is 6.08 Å². The Morgan fingerprint density at radius 3 is 2.27 bits per heavy atom. The first kappa shape index (κ1) is 20.7. The number of rotatable bonds is 7. The van der Waals surface area contributed by atoms with Crippen molar-refractivity contribution in [3.8, 4) is 11.5 Å². The lowest BCUT2D eigenvalue weighted by Crippen LogP contribution is -2.21. The molecule has 152 valence electrons. The number of nitrogens with one attached hydrogen (secondary N) is 1. The van der Waals surface area contributed by atoms with Gasteiger partial charge in [-0.25, -0.2) is 13.6 Å². The Bertz CT molecular complexity index is 1050. The zero-order chi connectivity index (χ0) is 21.3. The second kappa shape index (κ2) is 9.97. The largest absolute Gasteiger partial charge is 0.457 e. The fourth-order valence-corrected chi connectivity index (χ4v) is 2.45. The standard InChI is InChI=1S/C23H17F2NO4/c24-19-10-5-11-20(25)23(19)26-21(27)15-29-22(28)13-12-16-6-4-9-18(14-16)30-17-7-2-1-3-8-17/h1-14H,15H2,(H,26,27)/b13-12+. The van der Waals surface area contributed by atoms with Gasteiger partial charge in [-0.3, -0.25) is 4.79 Å². The summed E-state index contributed by atoms with van der Waals surface area (Å²) >= 11 is 0. The zero-order valence-corrected chi connectivity index (χ0v) is 15.7. The quantitative estimate of drug-likeness (QED) is 0.443. The Morgan fingerprint density at radius 2 is 1.53 bits per heavy atom. The monoisotopic (exact) mass is 409 g/mol. The number of benzene rings is 3. The molecule has 1 amide bonds. The second-order valence-electron chi connectivity index (χ2n) is 6.07. The molecular formula is C23H17F2NO4. The van der Waals surface area contributed by atoms with Gasteiger partial charge in [0.25, 0.3) is 5.91 Å². The number of halogens is 2. The van der Waals surface area contributed by atoms with E-state index in [1.54, 1.807) is 24.3 Å². The van der Waals surface area contributed by atoms with Gasteiger partial charge in [-0.2, -0.15) is 0 Å². The van der Waals surface area contributed by atoms with E-state index in [0.717, 1.165) is 18.2 Å². The van der Waals surface area contributed by atoms with E-state index in [1.807, 2.05) is 35.6 Å². The Morgan fingerprint density at radius 1 is 0.867 bits per heavy atom. The summed E-state index contributed by atoms with van der Waals surface area (Å²) in [6.45, 7) is -0.686. The van der Waals surface area contributed by atoms with Crippen molar-refractivity contribution in [2.24, 2.45) is 0 Å². The van der Waals surface area contributed by atoms with Gasteiger partial charge in [0.05, 0.1) is 0 Å². The molecule has 30 heavy (non-hydrogen) atoms. The summed E-state index contributed by atoms with van der Waals surface area (Å²) < 4.78 is 37.5. The number of esters is 1. The van der Waals surface area contributed by atoms with Gasteiger partial charge in [0.15, 0.2) is 6.61 Å². The topological polar surface area (TPSA) is 64.6 Å². The third kappa shape index (κ3) is 6.00. The van der Waals surface area contributed by atoms with Crippen LogP contribution in [0.1, 0.15) is 5.56 Å². The molecular weight excluding hydrogens is 392 g/mol. The van der Waals surface area contributed by atoms with E-state index in [2.05, 4.69) is 0 Å². The summed E-state index contributed by atoms with van der Waals surface area (Å²) in [5.41, 5.74) is 0.0857. The van der Waals surface area contributed by atoms with Crippen LogP contribution >= 0.6 is 0 Å². The number of hydrogen-bond donors (Lipinski definition) is 1. The number of para-hydroxylation sites is 2. The van der Waals surface area contributed by atoms with E-state index in [1.165, 1.54) is 12.1 Å². The average Bonchev–Trinajstić information content (AvgIpc) is 2.74. The Labute approximate surface area is 171 Å². The second-order valence-corrected chi connectivity index (χ2v) is 6.07. The molecule has 0 fully saturated rings. The molecule has 0 aliphatic rings. The van der Waals surface area contributed by atoms with Crippen LogP contribution in [-0.4, -0.2) is 18.5 Å². The number of carbonyl (C=O) groups excluding carboxylic acids is 2. The first-order valence-corrected chi connectivity index (χ1v) is 8.93. The van der Waals surface area contributed by atoms with E-state index in [-0.39, 0.29) is 0 Å². The van der Waals surface area contributed by atoms with Crippen LogP contribution in [-0.2, 0) is 14.3 Å². The van der Waals surface area contributed by atoms with Crippen LogP contribution in [0.5, 0.6) is 11.5 Å². The SMILES string of the molecule is O=C(COC(=O)/C=C/c1cccc(Oc2ccccc2)c1)Nc1c(F)cccc1F. The minimum Gasteiger partial charge on any atom is -0.457 e.